The van der Waals surface area contributed by atoms with Crippen LogP contribution >= 0.6 is 0 Å². The fourth-order valence-electron chi connectivity index (χ4n) is 6.54. The van der Waals surface area contributed by atoms with Gasteiger partial charge in [-0.05, 0) is 68.0 Å². The van der Waals surface area contributed by atoms with Gasteiger partial charge in [0.15, 0.2) is 5.79 Å². The highest BCUT2D eigenvalue weighted by Crippen LogP contribution is 2.59. The van der Waals surface area contributed by atoms with E-state index in [4.69, 9.17) is 4.74 Å². The van der Waals surface area contributed by atoms with Crippen molar-refractivity contribution >= 4 is 23.2 Å². The van der Waals surface area contributed by atoms with Gasteiger partial charge in [0, 0.05) is 24.0 Å². The molecule has 0 spiro atoms. The topological polar surface area (TPSA) is 130 Å². The summed E-state index contributed by atoms with van der Waals surface area (Å²) in [6, 6.07) is 9.18. The lowest BCUT2D eigenvalue weighted by Crippen LogP contribution is -2.53. The van der Waals surface area contributed by atoms with Crippen molar-refractivity contribution in [2.24, 2.45) is 23.7 Å². The van der Waals surface area contributed by atoms with Crippen molar-refractivity contribution in [3.63, 3.8) is 0 Å². The maximum atomic E-state index is 13.7. The number of phenols is 1. The molecule has 2 aromatic rings. The van der Waals surface area contributed by atoms with Crippen molar-refractivity contribution in [3.8, 4) is 5.75 Å². The number of fused-ring (bicyclic) bond motifs is 3. The molecular formula is C27H30N2O7. The third-order valence-electron chi connectivity index (χ3n) is 8.18. The van der Waals surface area contributed by atoms with Gasteiger partial charge in [0.1, 0.15) is 5.75 Å². The van der Waals surface area contributed by atoms with Crippen LogP contribution in [0.1, 0.15) is 55.4 Å². The molecule has 190 valence electrons. The molecule has 0 radical (unpaired) electrons. The molecule has 2 aromatic carbocycles. The van der Waals surface area contributed by atoms with Gasteiger partial charge < -0.3 is 14.9 Å². The standard InChI is InChI=1S/C27H30N2O7/c1-4-6-17-11-20-23(26(32)28(25(20)31)18-7-5-8-19(12-18)29(34)35)21-13-22(36-27(17,21)33)16-9-14(2)24(30)15(3)10-16/h5,7-10,12,17,20-23,30,33H,4,6,11,13H2,1-3H3/t17-,20-,21-,22-,23-,27+/m0/s1. The Morgan fingerprint density at radius 3 is 2.47 bits per heavy atom. The number of ether oxygens (including phenoxy) is 1. The summed E-state index contributed by atoms with van der Waals surface area (Å²) >= 11 is 0. The van der Waals surface area contributed by atoms with Gasteiger partial charge in [-0.25, -0.2) is 4.90 Å². The van der Waals surface area contributed by atoms with Gasteiger partial charge in [0.05, 0.1) is 28.6 Å². The second kappa shape index (κ2) is 8.67. The minimum Gasteiger partial charge on any atom is -0.507 e. The SMILES string of the molecule is CCC[C@H]1C[C@@H]2C(=O)N(c3cccc([N+](=O)[O-])c3)C(=O)[C@@H]2[C@@H]2C[C@@H](c3cc(C)c(O)c(C)c3)O[C@]12O. The van der Waals surface area contributed by atoms with Gasteiger partial charge in [-0.2, -0.15) is 0 Å². The average molecular weight is 495 g/mol. The zero-order valence-electron chi connectivity index (χ0n) is 20.5. The Morgan fingerprint density at radius 1 is 1.14 bits per heavy atom. The van der Waals surface area contributed by atoms with Crippen LogP contribution in [-0.2, 0) is 14.3 Å². The van der Waals surface area contributed by atoms with Crippen LogP contribution in [-0.4, -0.2) is 32.7 Å². The average Bonchev–Trinajstić information content (AvgIpc) is 3.32. The molecule has 2 amide bonds. The number of nitro benzene ring substituents is 1. The minimum absolute atomic E-state index is 0.171. The quantitative estimate of drug-likeness (QED) is 0.360. The number of carbonyl (C=O) groups excluding carboxylic acids is 2. The highest BCUT2D eigenvalue weighted by molar-refractivity contribution is 6.22. The predicted octanol–water partition coefficient (Wildman–Crippen LogP) is 4.31. The Kier molecular flexibility index (Phi) is 5.88. The molecule has 9 heteroatoms. The Balaban J connectivity index is 1.53. The number of carbonyl (C=O) groups is 2. The first-order valence-corrected chi connectivity index (χ1v) is 12.4. The molecule has 2 heterocycles. The number of hydrogen-bond acceptors (Lipinski definition) is 7. The number of anilines is 1. The molecule has 0 aromatic heterocycles. The summed E-state index contributed by atoms with van der Waals surface area (Å²) in [6.07, 6.45) is 1.57. The van der Waals surface area contributed by atoms with Crippen LogP contribution in [0.3, 0.4) is 0 Å². The second-order valence-electron chi connectivity index (χ2n) is 10.3. The molecule has 5 rings (SSSR count). The van der Waals surface area contributed by atoms with E-state index >= 15 is 0 Å². The van der Waals surface area contributed by atoms with E-state index in [2.05, 4.69) is 0 Å². The molecule has 2 N–H and O–H groups in total. The normalized spacial score (nSPS) is 31.4. The van der Waals surface area contributed by atoms with Crippen LogP contribution in [0.2, 0.25) is 0 Å². The number of imide groups is 1. The maximum absolute atomic E-state index is 13.7. The van der Waals surface area contributed by atoms with Crippen LogP contribution in [0, 0.1) is 47.6 Å². The molecule has 6 atom stereocenters. The number of aryl methyl sites for hydroxylation is 2. The number of aromatic hydroxyl groups is 1. The Morgan fingerprint density at radius 2 is 1.83 bits per heavy atom. The number of phenolic OH excluding ortho intramolecular Hbond substituents is 1. The highest BCUT2D eigenvalue weighted by atomic mass is 16.6. The van der Waals surface area contributed by atoms with Crippen LogP contribution < -0.4 is 4.90 Å². The molecule has 1 saturated carbocycles. The third-order valence-corrected chi connectivity index (χ3v) is 8.18. The fourth-order valence-corrected chi connectivity index (χ4v) is 6.54. The monoisotopic (exact) mass is 494 g/mol. The smallest absolute Gasteiger partial charge is 0.271 e. The number of aliphatic hydroxyl groups is 1. The van der Waals surface area contributed by atoms with Gasteiger partial charge in [-0.1, -0.05) is 19.4 Å². The number of benzene rings is 2. The summed E-state index contributed by atoms with van der Waals surface area (Å²) in [5.41, 5.74) is 2.17. The third kappa shape index (κ3) is 3.60. The Labute approximate surface area is 208 Å². The molecule has 9 nitrogen and oxygen atoms in total. The van der Waals surface area contributed by atoms with Crippen molar-refractivity contribution in [1.29, 1.82) is 0 Å². The minimum atomic E-state index is -1.57. The Hall–Kier alpha value is -3.30. The molecule has 3 aliphatic rings. The molecule has 36 heavy (non-hydrogen) atoms. The van der Waals surface area contributed by atoms with E-state index in [9.17, 15) is 29.9 Å². The summed E-state index contributed by atoms with van der Waals surface area (Å²) in [6.45, 7) is 5.60. The van der Waals surface area contributed by atoms with Crippen molar-refractivity contribution in [2.75, 3.05) is 4.90 Å². The van der Waals surface area contributed by atoms with Crippen LogP contribution in [0.15, 0.2) is 36.4 Å². The first kappa shape index (κ1) is 24.4. The molecule has 3 fully saturated rings. The van der Waals surface area contributed by atoms with Crippen LogP contribution in [0.4, 0.5) is 11.4 Å². The second-order valence-corrected chi connectivity index (χ2v) is 10.3. The van der Waals surface area contributed by atoms with E-state index in [1.54, 1.807) is 13.8 Å². The lowest BCUT2D eigenvalue weighted by Gasteiger charge is -2.44. The molecule has 1 aliphatic carbocycles. The molecule has 2 aliphatic heterocycles. The predicted molar refractivity (Wildman–Crippen MR) is 130 cm³/mol. The van der Waals surface area contributed by atoms with E-state index in [-0.39, 0.29) is 28.9 Å². The van der Waals surface area contributed by atoms with Gasteiger partial charge >= 0.3 is 0 Å². The van der Waals surface area contributed by atoms with E-state index in [0.717, 1.165) is 16.9 Å². The van der Waals surface area contributed by atoms with Gasteiger partial charge in [0.25, 0.3) is 5.69 Å². The van der Waals surface area contributed by atoms with Crippen molar-refractivity contribution in [1.82, 2.24) is 0 Å². The molecular weight excluding hydrogens is 464 g/mol. The number of amides is 2. The summed E-state index contributed by atoms with van der Waals surface area (Å²) < 4.78 is 6.34. The number of nitrogens with zero attached hydrogens (tertiary/aromatic N) is 2. The summed E-state index contributed by atoms with van der Waals surface area (Å²) in [4.78, 5) is 39.0. The number of nitro groups is 1. The zero-order valence-corrected chi connectivity index (χ0v) is 20.5. The summed E-state index contributed by atoms with van der Waals surface area (Å²) in [5.74, 6) is -4.54. The summed E-state index contributed by atoms with van der Waals surface area (Å²) in [7, 11) is 0. The van der Waals surface area contributed by atoms with E-state index < -0.39 is 40.5 Å². The lowest BCUT2D eigenvalue weighted by molar-refractivity contribution is -0.384. The number of hydrogen-bond donors (Lipinski definition) is 2. The van der Waals surface area contributed by atoms with Crippen LogP contribution in [0.25, 0.3) is 0 Å². The van der Waals surface area contributed by atoms with E-state index in [1.165, 1.54) is 24.3 Å². The van der Waals surface area contributed by atoms with E-state index in [1.807, 2.05) is 19.1 Å². The summed E-state index contributed by atoms with van der Waals surface area (Å²) in [5, 5.41) is 33.4. The van der Waals surface area contributed by atoms with Crippen molar-refractivity contribution in [3.05, 3.63) is 63.2 Å². The van der Waals surface area contributed by atoms with Crippen molar-refractivity contribution < 1.29 is 29.5 Å². The number of non-ortho nitro benzene ring substituents is 1. The lowest BCUT2D eigenvalue weighted by atomic mass is 9.63. The highest BCUT2D eigenvalue weighted by Gasteiger charge is 2.66. The number of rotatable bonds is 5. The zero-order chi connectivity index (χ0) is 25.9. The first-order chi connectivity index (χ1) is 17.1. The molecule has 2 saturated heterocycles. The Bertz CT molecular complexity index is 1240. The van der Waals surface area contributed by atoms with Gasteiger partial charge in [-0.15, -0.1) is 0 Å². The van der Waals surface area contributed by atoms with Crippen molar-refractivity contribution in [2.45, 2.75) is 58.3 Å². The first-order valence-electron chi connectivity index (χ1n) is 12.4. The largest absolute Gasteiger partial charge is 0.507 e. The fraction of sp³-hybridized carbons (Fsp3) is 0.481. The van der Waals surface area contributed by atoms with Gasteiger partial charge in [0.2, 0.25) is 11.8 Å². The molecule has 0 unspecified atom stereocenters. The van der Waals surface area contributed by atoms with Crippen LogP contribution in [0.5, 0.6) is 5.75 Å². The van der Waals surface area contributed by atoms with E-state index in [0.29, 0.717) is 30.4 Å². The maximum Gasteiger partial charge on any atom is 0.271 e. The molecule has 0 bridgehead atoms. The van der Waals surface area contributed by atoms with Gasteiger partial charge in [-0.3, -0.25) is 19.7 Å².